The van der Waals surface area contributed by atoms with Gasteiger partial charge in [0.25, 0.3) is 0 Å². The summed E-state index contributed by atoms with van der Waals surface area (Å²) in [6.07, 6.45) is 1.81. The molecule has 3 fully saturated rings. The molecule has 1 saturated heterocycles. The molecule has 3 aromatic rings. The molecular formula is C31H33N3O4S. The number of hydrogen-bond acceptors (Lipinski definition) is 5. The van der Waals surface area contributed by atoms with Crippen molar-refractivity contribution in [2.24, 2.45) is 11.8 Å². The predicted molar refractivity (Wildman–Crippen MR) is 149 cm³/mol. The second-order valence-electron chi connectivity index (χ2n) is 11.6. The van der Waals surface area contributed by atoms with E-state index < -0.39 is 10.0 Å². The first-order valence-corrected chi connectivity index (χ1v) is 15.1. The highest BCUT2D eigenvalue weighted by atomic mass is 32.2. The number of fused-ring (bicyclic) bond motifs is 4. The molecule has 7 nitrogen and oxygen atoms in total. The molecule has 4 unspecified atom stereocenters. The number of piperidine rings is 1. The third-order valence-corrected chi connectivity index (χ3v) is 11.2. The molecule has 8 heteroatoms. The summed E-state index contributed by atoms with van der Waals surface area (Å²) in [5.41, 5.74) is 4.76. The summed E-state index contributed by atoms with van der Waals surface area (Å²) >= 11 is 0. The zero-order chi connectivity index (χ0) is 27.1. The Balaban J connectivity index is 1.22. The number of carbonyl (C=O) groups excluding carboxylic acids is 1. The molecule has 202 valence electrons. The lowest BCUT2D eigenvalue weighted by Crippen LogP contribution is -2.43. The molecule has 2 saturated carbocycles. The van der Waals surface area contributed by atoms with Crippen LogP contribution in [0.4, 0.5) is 5.69 Å². The molecule has 0 bridgehead atoms. The first-order valence-electron chi connectivity index (χ1n) is 13.6. The number of ether oxygens (including phenoxy) is 1. The molecule has 4 aliphatic rings. The minimum atomic E-state index is -3.69. The summed E-state index contributed by atoms with van der Waals surface area (Å²) in [6, 6.07) is 20.9. The van der Waals surface area contributed by atoms with E-state index in [1.165, 1.54) is 5.56 Å². The molecule has 0 aromatic heterocycles. The smallest absolute Gasteiger partial charge is 0.243 e. The van der Waals surface area contributed by atoms with Crippen LogP contribution in [0, 0.1) is 18.8 Å². The molecule has 2 heterocycles. The largest absolute Gasteiger partial charge is 0.496 e. The van der Waals surface area contributed by atoms with E-state index in [1.54, 1.807) is 28.4 Å². The standard InChI is InChI=1S/C31H33N3O4S/c1-19-9-11-23(12-10-19)39(36,37)34-18-22-16-31(22,29(34)20-7-5-4-6-8-20)32-17-21-13-27-25(15-28(21)38-3)24-14-26(24)30(35)33(27)2/h4-13,15,22,24,26,29,32H,14,16-18H2,1-3H3/t22?,24?,26-,29?,31?/m0/s1. The Kier molecular flexibility index (Phi) is 5.50. The van der Waals surface area contributed by atoms with Gasteiger partial charge in [0, 0.05) is 42.8 Å². The summed E-state index contributed by atoms with van der Waals surface area (Å²) in [7, 11) is -0.155. The van der Waals surface area contributed by atoms with Crippen molar-refractivity contribution in [2.45, 2.75) is 48.7 Å². The van der Waals surface area contributed by atoms with Crippen molar-refractivity contribution in [3.63, 3.8) is 0 Å². The van der Waals surface area contributed by atoms with Crippen molar-refractivity contribution in [1.29, 1.82) is 0 Å². The van der Waals surface area contributed by atoms with E-state index in [4.69, 9.17) is 4.74 Å². The van der Waals surface area contributed by atoms with Crippen LogP contribution in [0.25, 0.3) is 0 Å². The topological polar surface area (TPSA) is 79.0 Å². The molecule has 1 N–H and O–H groups in total. The van der Waals surface area contributed by atoms with Crippen molar-refractivity contribution in [2.75, 3.05) is 25.6 Å². The van der Waals surface area contributed by atoms with E-state index in [-0.39, 0.29) is 29.3 Å². The number of sulfonamides is 1. The fourth-order valence-corrected chi connectivity index (χ4v) is 8.68. The summed E-state index contributed by atoms with van der Waals surface area (Å²) < 4.78 is 35.3. The molecule has 2 aliphatic heterocycles. The quantitative estimate of drug-likeness (QED) is 0.479. The Morgan fingerprint density at radius 1 is 1.05 bits per heavy atom. The van der Waals surface area contributed by atoms with Crippen LogP contribution in [0.15, 0.2) is 71.6 Å². The summed E-state index contributed by atoms with van der Waals surface area (Å²) in [4.78, 5) is 14.8. The third-order valence-electron chi connectivity index (χ3n) is 9.31. The van der Waals surface area contributed by atoms with Crippen LogP contribution in [0.3, 0.4) is 0 Å². The van der Waals surface area contributed by atoms with Gasteiger partial charge in [0.05, 0.1) is 18.0 Å². The number of aryl methyl sites for hydroxylation is 1. The van der Waals surface area contributed by atoms with E-state index in [2.05, 4.69) is 17.4 Å². The van der Waals surface area contributed by atoms with Gasteiger partial charge in [-0.2, -0.15) is 4.31 Å². The van der Waals surface area contributed by atoms with Crippen molar-refractivity contribution in [3.05, 3.63) is 89.0 Å². The Bertz CT molecular complexity index is 1570. The van der Waals surface area contributed by atoms with Gasteiger partial charge < -0.3 is 15.0 Å². The Labute approximate surface area is 229 Å². The summed E-state index contributed by atoms with van der Waals surface area (Å²) in [6.45, 7) is 2.95. The lowest BCUT2D eigenvalue weighted by Gasteiger charge is -2.33. The lowest BCUT2D eigenvalue weighted by molar-refractivity contribution is -0.119. The number of nitrogens with one attached hydrogen (secondary N) is 1. The highest BCUT2D eigenvalue weighted by Crippen LogP contribution is 2.62. The lowest BCUT2D eigenvalue weighted by atomic mass is 9.96. The van der Waals surface area contributed by atoms with Crippen molar-refractivity contribution in [3.8, 4) is 5.75 Å². The zero-order valence-corrected chi connectivity index (χ0v) is 23.2. The van der Waals surface area contributed by atoms with Crippen LogP contribution >= 0.6 is 0 Å². The second kappa shape index (κ2) is 8.65. The molecule has 1 amide bonds. The molecule has 7 rings (SSSR count). The van der Waals surface area contributed by atoms with Crippen LogP contribution in [0.1, 0.15) is 47.1 Å². The van der Waals surface area contributed by atoms with Gasteiger partial charge in [0.1, 0.15) is 5.75 Å². The van der Waals surface area contributed by atoms with Gasteiger partial charge in [-0.1, -0.05) is 48.0 Å². The maximum absolute atomic E-state index is 13.9. The summed E-state index contributed by atoms with van der Waals surface area (Å²) in [5.74, 6) is 1.61. The number of carbonyl (C=O) groups is 1. The highest BCUT2D eigenvalue weighted by Gasteiger charge is 2.68. The number of anilines is 1. The van der Waals surface area contributed by atoms with Crippen LogP contribution in [0.5, 0.6) is 5.75 Å². The van der Waals surface area contributed by atoms with E-state index in [0.717, 1.165) is 41.0 Å². The van der Waals surface area contributed by atoms with Gasteiger partial charge >= 0.3 is 0 Å². The molecular weight excluding hydrogens is 510 g/mol. The first-order chi connectivity index (χ1) is 18.7. The molecule has 0 spiro atoms. The van der Waals surface area contributed by atoms with Gasteiger partial charge in [-0.25, -0.2) is 8.42 Å². The van der Waals surface area contributed by atoms with Crippen LogP contribution in [0.2, 0.25) is 0 Å². The van der Waals surface area contributed by atoms with E-state index in [9.17, 15) is 13.2 Å². The van der Waals surface area contributed by atoms with Gasteiger partial charge in [0.15, 0.2) is 0 Å². The molecule has 0 radical (unpaired) electrons. The number of methoxy groups -OCH3 is 1. The first kappa shape index (κ1) is 24.8. The summed E-state index contributed by atoms with van der Waals surface area (Å²) in [5, 5.41) is 3.80. The maximum atomic E-state index is 13.9. The fourth-order valence-electron chi connectivity index (χ4n) is 6.97. The van der Waals surface area contributed by atoms with Crippen LogP contribution in [-0.2, 0) is 21.4 Å². The van der Waals surface area contributed by atoms with Crippen molar-refractivity contribution >= 4 is 21.6 Å². The van der Waals surface area contributed by atoms with Crippen molar-refractivity contribution < 1.29 is 17.9 Å². The highest BCUT2D eigenvalue weighted by molar-refractivity contribution is 7.89. The Morgan fingerprint density at radius 3 is 2.51 bits per heavy atom. The van der Waals surface area contributed by atoms with Gasteiger partial charge in [-0.15, -0.1) is 0 Å². The minimum Gasteiger partial charge on any atom is -0.496 e. The second-order valence-corrected chi connectivity index (χ2v) is 13.5. The average molecular weight is 544 g/mol. The van der Waals surface area contributed by atoms with Gasteiger partial charge in [0.2, 0.25) is 15.9 Å². The number of nitrogens with zero attached hydrogens (tertiary/aromatic N) is 2. The van der Waals surface area contributed by atoms with Gasteiger partial charge in [-0.3, -0.25) is 4.79 Å². The molecule has 2 aliphatic carbocycles. The SMILES string of the molecule is COc1cc2c(cc1CNC13CC1CN(S(=O)(=O)c1ccc(C)cc1)C3c1ccccc1)N(C)C(=O)[C@H]1CC21. The van der Waals surface area contributed by atoms with E-state index >= 15 is 0 Å². The zero-order valence-electron chi connectivity index (χ0n) is 22.4. The normalized spacial score (nSPS) is 29.0. The number of rotatable bonds is 7. The Morgan fingerprint density at radius 2 is 1.79 bits per heavy atom. The molecule has 3 aromatic carbocycles. The predicted octanol–water partition coefficient (Wildman–Crippen LogP) is 4.38. The monoisotopic (exact) mass is 543 g/mol. The average Bonchev–Trinajstić information content (AvgIpc) is 3.86. The van der Waals surface area contributed by atoms with Crippen LogP contribution < -0.4 is 15.0 Å². The van der Waals surface area contributed by atoms with E-state index in [1.807, 2.05) is 56.4 Å². The molecule has 5 atom stereocenters. The fraction of sp³-hybridized carbons (Fsp3) is 0.387. The number of hydrogen-bond donors (Lipinski definition) is 1. The van der Waals surface area contributed by atoms with Crippen molar-refractivity contribution in [1.82, 2.24) is 9.62 Å². The van der Waals surface area contributed by atoms with E-state index in [0.29, 0.717) is 23.9 Å². The van der Waals surface area contributed by atoms with Crippen LogP contribution in [-0.4, -0.2) is 44.9 Å². The number of amides is 1. The Hall–Kier alpha value is -3.20. The minimum absolute atomic E-state index is 0.105. The van der Waals surface area contributed by atoms with Gasteiger partial charge in [-0.05, 0) is 67.0 Å². The molecule has 39 heavy (non-hydrogen) atoms. The maximum Gasteiger partial charge on any atom is 0.243 e. The number of benzene rings is 3. The third kappa shape index (κ3) is 3.76.